The van der Waals surface area contributed by atoms with Crippen LogP contribution in [0.25, 0.3) is 0 Å². The second kappa shape index (κ2) is 6.81. The number of thioether (sulfide) groups is 1. The smallest absolute Gasteiger partial charge is 0.172 e. The van der Waals surface area contributed by atoms with Crippen LogP contribution >= 0.6 is 27.7 Å². The van der Waals surface area contributed by atoms with Crippen LogP contribution in [0, 0.1) is 0 Å². The summed E-state index contributed by atoms with van der Waals surface area (Å²) < 4.78 is 0.851. The third-order valence-electron chi connectivity index (χ3n) is 2.09. The topological polar surface area (TPSA) is 58.6 Å². The van der Waals surface area contributed by atoms with Gasteiger partial charge in [0.1, 0.15) is 0 Å². The molecule has 1 aromatic rings. The summed E-state index contributed by atoms with van der Waals surface area (Å²) in [6, 6.07) is 5.82. The molecule has 0 aliphatic rings. The van der Waals surface area contributed by atoms with Crippen LogP contribution in [0.2, 0.25) is 0 Å². The number of rotatable bonds is 5. The van der Waals surface area contributed by atoms with Crippen LogP contribution in [0.3, 0.4) is 0 Å². The molecule has 0 heterocycles. The van der Waals surface area contributed by atoms with Crippen LogP contribution in [-0.4, -0.2) is 16.8 Å². The van der Waals surface area contributed by atoms with Gasteiger partial charge in [-0.05, 0) is 40.2 Å². The third kappa shape index (κ3) is 3.42. The van der Waals surface area contributed by atoms with E-state index in [9.17, 15) is 0 Å². The van der Waals surface area contributed by atoms with Gasteiger partial charge in [-0.15, -0.1) is 11.8 Å². The van der Waals surface area contributed by atoms with Crippen molar-refractivity contribution in [2.45, 2.75) is 24.7 Å². The Bertz CT molecular complexity index is 382. The van der Waals surface area contributed by atoms with Crippen molar-refractivity contribution < 1.29 is 5.21 Å². The van der Waals surface area contributed by atoms with Crippen molar-refractivity contribution in [2.75, 3.05) is 5.75 Å². The van der Waals surface area contributed by atoms with Gasteiger partial charge in [0.25, 0.3) is 0 Å². The number of unbranched alkanes of at least 4 members (excludes halogenated alkanes) is 1. The van der Waals surface area contributed by atoms with E-state index in [2.05, 4.69) is 28.0 Å². The lowest BCUT2D eigenvalue weighted by Gasteiger charge is -2.09. The fourth-order valence-electron chi connectivity index (χ4n) is 1.25. The summed E-state index contributed by atoms with van der Waals surface area (Å²) in [7, 11) is 0. The molecule has 0 bridgehead atoms. The van der Waals surface area contributed by atoms with E-state index in [1.54, 1.807) is 11.8 Å². The van der Waals surface area contributed by atoms with Crippen molar-refractivity contribution in [3.63, 3.8) is 0 Å². The summed E-state index contributed by atoms with van der Waals surface area (Å²) in [6.45, 7) is 2.16. The Kier molecular flexibility index (Phi) is 5.69. The van der Waals surface area contributed by atoms with Gasteiger partial charge in [-0.3, -0.25) is 0 Å². The highest BCUT2D eigenvalue weighted by Gasteiger charge is 2.11. The van der Waals surface area contributed by atoms with E-state index in [-0.39, 0.29) is 5.84 Å². The van der Waals surface area contributed by atoms with Gasteiger partial charge in [-0.2, -0.15) is 0 Å². The first-order chi connectivity index (χ1) is 7.70. The highest BCUT2D eigenvalue weighted by atomic mass is 79.9. The Balaban J connectivity index is 2.94. The van der Waals surface area contributed by atoms with Crippen molar-refractivity contribution >= 4 is 33.5 Å². The van der Waals surface area contributed by atoms with E-state index < -0.39 is 0 Å². The van der Waals surface area contributed by atoms with E-state index in [1.807, 2.05) is 18.2 Å². The molecule has 0 atom stereocenters. The van der Waals surface area contributed by atoms with Gasteiger partial charge in [0.2, 0.25) is 0 Å². The lowest BCUT2D eigenvalue weighted by molar-refractivity contribution is 0.318. The van der Waals surface area contributed by atoms with Gasteiger partial charge in [-0.1, -0.05) is 24.6 Å². The monoisotopic (exact) mass is 302 g/mol. The van der Waals surface area contributed by atoms with Gasteiger partial charge in [-0.25, -0.2) is 0 Å². The predicted octanol–water partition coefficient (Wildman–Crippen LogP) is 3.44. The minimum Gasteiger partial charge on any atom is -0.409 e. The molecule has 1 rings (SSSR count). The van der Waals surface area contributed by atoms with Crippen LogP contribution in [0.1, 0.15) is 25.3 Å². The van der Waals surface area contributed by atoms with Crippen molar-refractivity contribution in [1.29, 1.82) is 0 Å². The molecule has 3 N–H and O–H groups in total. The first-order valence-corrected chi connectivity index (χ1v) is 6.87. The molecule has 0 saturated heterocycles. The largest absolute Gasteiger partial charge is 0.409 e. The average molecular weight is 303 g/mol. The lowest BCUT2D eigenvalue weighted by Crippen LogP contribution is -2.15. The Hall–Kier alpha value is -0.680. The fraction of sp³-hybridized carbons (Fsp3) is 0.364. The molecule has 1 aromatic carbocycles. The van der Waals surface area contributed by atoms with Crippen LogP contribution in [-0.2, 0) is 0 Å². The Morgan fingerprint density at radius 1 is 1.56 bits per heavy atom. The first-order valence-electron chi connectivity index (χ1n) is 5.10. The van der Waals surface area contributed by atoms with Gasteiger partial charge in [0, 0.05) is 14.9 Å². The molecule has 0 aromatic heterocycles. The van der Waals surface area contributed by atoms with Crippen molar-refractivity contribution in [1.82, 2.24) is 0 Å². The normalized spacial score (nSPS) is 11.8. The molecular formula is C11H15BrN2OS. The summed E-state index contributed by atoms with van der Waals surface area (Å²) >= 11 is 5.14. The molecule has 3 nitrogen and oxygen atoms in total. The number of hydrogen-bond donors (Lipinski definition) is 2. The molecule has 0 aliphatic heterocycles. The molecule has 88 valence electrons. The van der Waals surface area contributed by atoms with Crippen molar-refractivity contribution in [3.8, 4) is 0 Å². The molecule has 0 fully saturated rings. The molecule has 5 heteroatoms. The number of oxime groups is 1. The van der Waals surface area contributed by atoms with E-state index in [1.165, 1.54) is 6.42 Å². The minimum absolute atomic E-state index is 0.145. The van der Waals surface area contributed by atoms with E-state index in [4.69, 9.17) is 10.9 Å². The van der Waals surface area contributed by atoms with E-state index >= 15 is 0 Å². The zero-order valence-corrected chi connectivity index (χ0v) is 11.5. The number of nitrogens with zero attached hydrogens (tertiary/aromatic N) is 1. The number of benzene rings is 1. The highest BCUT2D eigenvalue weighted by Crippen LogP contribution is 2.29. The zero-order valence-electron chi connectivity index (χ0n) is 9.11. The van der Waals surface area contributed by atoms with Crippen molar-refractivity contribution in [2.24, 2.45) is 10.9 Å². The molecular weight excluding hydrogens is 288 g/mol. The van der Waals surface area contributed by atoms with Crippen molar-refractivity contribution in [3.05, 3.63) is 28.2 Å². The van der Waals surface area contributed by atoms with Crippen LogP contribution in [0.15, 0.2) is 32.7 Å². The van der Waals surface area contributed by atoms with Crippen LogP contribution in [0.5, 0.6) is 0 Å². The van der Waals surface area contributed by atoms with Crippen LogP contribution < -0.4 is 5.73 Å². The summed E-state index contributed by atoms with van der Waals surface area (Å²) in [5, 5.41) is 11.8. The van der Waals surface area contributed by atoms with E-state index in [0.717, 1.165) is 27.1 Å². The lowest BCUT2D eigenvalue weighted by atomic mass is 10.2. The summed E-state index contributed by atoms with van der Waals surface area (Å²) in [5.41, 5.74) is 6.43. The number of halogens is 1. The molecule has 16 heavy (non-hydrogen) atoms. The molecule has 0 aliphatic carbocycles. The fourth-order valence-corrected chi connectivity index (χ4v) is 3.14. The Labute approximate surface area is 108 Å². The molecule has 0 saturated carbocycles. The quantitative estimate of drug-likeness (QED) is 0.219. The summed E-state index contributed by atoms with van der Waals surface area (Å²) in [6.07, 6.45) is 2.33. The second-order valence-corrected chi connectivity index (χ2v) is 5.29. The van der Waals surface area contributed by atoms with Gasteiger partial charge < -0.3 is 10.9 Å². The van der Waals surface area contributed by atoms with Gasteiger partial charge in [0.05, 0.1) is 0 Å². The second-order valence-electron chi connectivity index (χ2n) is 3.30. The van der Waals surface area contributed by atoms with Gasteiger partial charge >= 0.3 is 0 Å². The minimum atomic E-state index is 0.145. The first kappa shape index (κ1) is 13.4. The predicted molar refractivity (Wildman–Crippen MR) is 72.3 cm³/mol. The zero-order chi connectivity index (χ0) is 12.0. The number of nitrogens with two attached hydrogens (primary N) is 1. The number of amidine groups is 1. The third-order valence-corrected chi connectivity index (χ3v) is 3.90. The number of hydrogen-bond acceptors (Lipinski definition) is 3. The average Bonchev–Trinajstić information content (AvgIpc) is 2.29. The Morgan fingerprint density at radius 3 is 2.94 bits per heavy atom. The highest BCUT2D eigenvalue weighted by molar-refractivity contribution is 9.10. The molecule has 0 radical (unpaired) electrons. The van der Waals surface area contributed by atoms with Crippen LogP contribution in [0.4, 0.5) is 0 Å². The van der Waals surface area contributed by atoms with Gasteiger partial charge in [0.15, 0.2) is 5.84 Å². The SMILES string of the molecule is CCCCSc1cccc(Br)c1/C(N)=N/O. The summed E-state index contributed by atoms with van der Waals surface area (Å²) in [4.78, 5) is 1.04. The van der Waals surface area contributed by atoms with E-state index in [0.29, 0.717) is 0 Å². The maximum Gasteiger partial charge on any atom is 0.172 e. The molecule has 0 amide bonds. The standard InChI is InChI=1S/C11H15BrN2OS/c1-2-3-7-16-9-6-4-5-8(12)10(9)11(13)14-15/h4-6,15H,2-3,7H2,1H3,(H2,13,14). The maximum atomic E-state index is 8.74. The maximum absolute atomic E-state index is 8.74. The molecule has 0 unspecified atom stereocenters. The Morgan fingerprint density at radius 2 is 2.31 bits per heavy atom. The molecule has 0 spiro atoms. The summed E-state index contributed by atoms with van der Waals surface area (Å²) in [5.74, 6) is 1.19.